The van der Waals surface area contributed by atoms with Crippen molar-refractivity contribution in [2.24, 2.45) is 5.92 Å². The number of hydrogen-bond donors (Lipinski definition) is 2. The predicted octanol–water partition coefficient (Wildman–Crippen LogP) is 4.47. The first-order valence-corrected chi connectivity index (χ1v) is 11.7. The van der Waals surface area contributed by atoms with Gasteiger partial charge in [0, 0.05) is 41.5 Å². The van der Waals surface area contributed by atoms with Crippen molar-refractivity contribution < 1.29 is 0 Å². The quantitative estimate of drug-likeness (QED) is 0.609. The summed E-state index contributed by atoms with van der Waals surface area (Å²) in [7, 11) is 0. The molecule has 1 saturated carbocycles. The van der Waals surface area contributed by atoms with Crippen molar-refractivity contribution in [2.75, 3.05) is 36.1 Å². The van der Waals surface area contributed by atoms with Crippen LogP contribution in [0.5, 0.6) is 0 Å². The molecule has 2 N–H and O–H groups in total. The summed E-state index contributed by atoms with van der Waals surface area (Å²) in [5, 5.41) is 7.17. The summed E-state index contributed by atoms with van der Waals surface area (Å²) in [5.74, 6) is 2.68. The van der Waals surface area contributed by atoms with Gasteiger partial charge in [0.25, 0.3) is 0 Å². The van der Waals surface area contributed by atoms with Crippen molar-refractivity contribution in [2.45, 2.75) is 50.0 Å². The highest BCUT2D eigenvalue weighted by Crippen LogP contribution is 2.29. The first-order chi connectivity index (χ1) is 13.7. The molecule has 4 rings (SSSR count). The Bertz CT molecular complexity index is 792. The molecule has 0 spiro atoms. The van der Waals surface area contributed by atoms with E-state index in [-0.39, 0.29) is 0 Å². The normalized spacial score (nSPS) is 19.2. The highest BCUT2D eigenvalue weighted by Gasteiger charge is 2.27. The molecule has 2 aliphatic rings. The maximum atomic E-state index is 4.86. The number of benzene rings is 1. The van der Waals surface area contributed by atoms with Gasteiger partial charge in [-0.3, -0.25) is 0 Å². The molecule has 1 aliphatic carbocycles. The second kappa shape index (κ2) is 9.14. The van der Waals surface area contributed by atoms with Crippen molar-refractivity contribution in [3.63, 3.8) is 0 Å². The van der Waals surface area contributed by atoms with Gasteiger partial charge in [0.2, 0.25) is 5.95 Å². The number of nitrogens with one attached hydrogen (secondary N) is 2. The number of aryl methyl sites for hydroxylation is 1. The molecule has 28 heavy (non-hydrogen) atoms. The number of thioether (sulfide) groups is 1. The molecule has 6 heteroatoms. The standard InChI is InChI=1S/C22H31N5S/c1-3-5-17-13-21(27-11-10-19(15-27)23-14-16-8-9-16)26-22(24-17)25-18-6-4-7-20(12-18)28-2/h4,6-7,12-13,16,19,23H,3,5,8-11,14-15H2,1-2H3,(H,24,25,26). The maximum absolute atomic E-state index is 4.86. The number of nitrogens with zero attached hydrogens (tertiary/aromatic N) is 3. The van der Waals surface area contributed by atoms with Crippen LogP contribution in [0.25, 0.3) is 0 Å². The molecular weight excluding hydrogens is 366 g/mol. The Balaban J connectivity index is 1.48. The number of anilines is 3. The van der Waals surface area contributed by atoms with E-state index in [1.807, 2.05) is 0 Å². The molecular formula is C22H31N5S. The van der Waals surface area contributed by atoms with E-state index in [1.165, 1.54) is 30.7 Å². The lowest BCUT2D eigenvalue weighted by atomic mass is 10.2. The zero-order valence-corrected chi connectivity index (χ0v) is 17.8. The van der Waals surface area contributed by atoms with Crippen LogP contribution in [0.3, 0.4) is 0 Å². The second-order valence-corrected chi connectivity index (χ2v) is 8.81. The summed E-state index contributed by atoms with van der Waals surface area (Å²) < 4.78 is 0. The molecule has 2 aromatic rings. The van der Waals surface area contributed by atoms with Crippen LogP contribution in [0, 0.1) is 5.92 Å². The summed E-state index contributed by atoms with van der Waals surface area (Å²) >= 11 is 1.74. The first kappa shape index (κ1) is 19.5. The van der Waals surface area contributed by atoms with Gasteiger partial charge in [-0.2, -0.15) is 4.98 Å². The Hall–Kier alpha value is -1.79. The fourth-order valence-electron chi connectivity index (χ4n) is 3.71. The topological polar surface area (TPSA) is 53.1 Å². The van der Waals surface area contributed by atoms with Crippen LogP contribution >= 0.6 is 11.8 Å². The summed E-state index contributed by atoms with van der Waals surface area (Å²) in [4.78, 5) is 13.3. The van der Waals surface area contributed by atoms with Gasteiger partial charge in [0.1, 0.15) is 5.82 Å². The second-order valence-electron chi connectivity index (χ2n) is 7.93. The molecule has 5 nitrogen and oxygen atoms in total. The summed E-state index contributed by atoms with van der Waals surface area (Å²) in [5.41, 5.74) is 2.15. The number of aromatic nitrogens is 2. The van der Waals surface area contributed by atoms with Crippen LogP contribution in [-0.4, -0.2) is 41.9 Å². The Kier molecular flexibility index (Phi) is 6.37. The fourth-order valence-corrected chi connectivity index (χ4v) is 4.16. The number of hydrogen-bond acceptors (Lipinski definition) is 6. The van der Waals surface area contributed by atoms with E-state index < -0.39 is 0 Å². The lowest BCUT2D eigenvalue weighted by molar-refractivity contribution is 0.530. The Morgan fingerprint density at radius 1 is 1.18 bits per heavy atom. The summed E-state index contributed by atoms with van der Waals surface area (Å²) in [6.07, 6.45) is 8.16. The largest absolute Gasteiger partial charge is 0.355 e. The molecule has 1 saturated heterocycles. The van der Waals surface area contributed by atoms with Crippen molar-refractivity contribution in [1.82, 2.24) is 15.3 Å². The first-order valence-electron chi connectivity index (χ1n) is 10.5. The van der Waals surface area contributed by atoms with E-state index in [1.54, 1.807) is 11.8 Å². The fraction of sp³-hybridized carbons (Fsp3) is 0.545. The smallest absolute Gasteiger partial charge is 0.229 e. The van der Waals surface area contributed by atoms with Gasteiger partial charge >= 0.3 is 0 Å². The minimum Gasteiger partial charge on any atom is -0.355 e. The predicted molar refractivity (Wildman–Crippen MR) is 119 cm³/mol. The van der Waals surface area contributed by atoms with Gasteiger partial charge < -0.3 is 15.5 Å². The van der Waals surface area contributed by atoms with E-state index in [9.17, 15) is 0 Å². The molecule has 1 aliphatic heterocycles. The van der Waals surface area contributed by atoms with Crippen LogP contribution < -0.4 is 15.5 Å². The number of rotatable bonds is 9. The molecule has 1 unspecified atom stereocenters. The third kappa shape index (κ3) is 5.17. The highest BCUT2D eigenvalue weighted by atomic mass is 32.2. The Morgan fingerprint density at radius 3 is 2.86 bits per heavy atom. The zero-order chi connectivity index (χ0) is 19.3. The molecule has 1 aromatic carbocycles. The van der Waals surface area contributed by atoms with Gasteiger partial charge in [0.05, 0.1) is 0 Å². The van der Waals surface area contributed by atoms with Gasteiger partial charge in [0.15, 0.2) is 0 Å². The van der Waals surface area contributed by atoms with E-state index in [2.05, 4.69) is 59.0 Å². The van der Waals surface area contributed by atoms with Crippen LogP contribution in [0.2, 0.25) is 0 Å². The van der Waals surface area contributed by atoms with Crippen molar-refractivity contribution in [3.8, 4) is 0 Å². The lowest BCUT2D eigenvalue weighted by Crippen LogP contribution is -2.34. The van der Waals surface area contributed by atoms with Crippen molar-refractivity contribution in [1.29, 1.82) is 0 Å². The van der Waals surface area contributed by atoms with Crippen LogP contribution in [0.4, 0.5) is 17.5 Å². The van der Waals surface area contributed by atoms with E-state index >= 15 is 0 Å². The maximum Gasteiger partial charge on any atom is 0.229 e. The van der Waals surface area contributed by atoms with E-state index in [4.69, 9.17) is 9.97 Å². The third-order valence-electron chi connectivity index (χ3n) is 5.50. The van der Waals surface area contributed by atoms with E-state index in [0.717, 1.165) is 49.0 Å². The molecule has 0 amide bonds. The van der Waals surface area contributed by atoms with Gasteiger partial charge in [-0.25, -0.2) is 4.98 Å². The average molecular weight is 398 g/mol. The molecule has 2 heterocycles. The molecule has 150 valence electrons. The van der Waals surface area contributed by atoms with Gasteiger partial charge in [-0.05, 0) is 62.6 Å². The average Bonchev–Trinajstić information content (AvgIpc) is 3.42. The molecule has 1 aromatic heterocycles. The molecule has 1 atom stereocenters. The van der Waals surface area contributed by atoms with Gasteiger partial charge in [-0.15, -0.1) is 11.8 Å². The zero-order valence-electron chi connectivity index (χ0n) is 16.9. The lowest BCUT2D eigenvalue weighted by Gasteiger charge is -2.20. The SMILES string of the molecule is CCCc1cc(N2CCC(NCC3CC3)C2)nc(Nc2cccc(SC)c2)n1. The monoisotopic (exact) mass is 397 g/mol. The Labute approximate surface area is 172 Å². The van der Waals surface area contributed by atoms with E-state index in [0.29, 0.717) is 12.0 Å². The molecule has 0 radical (unpaired) electrons. The van der Waals surface area contributed by atoms with Crippen LogP contribution in [0.15, 0.2) is 35.2 Å². The summed E-state index contributed by atoms with van der Waals surface area (Å²) in [6.45, 7) is 5.48. The minimum atomic E-state index is 0.583. The highest BCUT2D eigenvalue weighted by molar-refractivity contribution is 7.98. The Morgan fingerprint density at radius 2 is 2.07 bits per heavy atom. The van der Waals surface area contributed by atoms with Gasteiger partial charge in [-0.1, -0.05) is 19.4 Å². The van der Waals surface area contributed by atoms with Crippen LogP contribution in [0.1, 0.15) is 38.3 Å². The van der Waals surface area contributed by atoms with Crippen LogP contribution in [-0.2, 0) is 6.42 Å². The summed E-state index contributed by atoms with van der Waals surface area (Å²) in [6, 6.07) is 11.2. The molecule has 2 fully saturated rings. The third-order valence-corrected chi connectivity index (χ3v) is 6.23. The minimum absolute atomic E-state index is 0.583. The van der Waals surface area contributed by atoms with Crippen molar-refractivity contribution >= 4 is 29.2 Å². The van der Waals surface area contributed by atoms with Crippen molar-refractivity contribution in [3.05, 3.63) is 36.0 Å². The molecule has 0 bridgehead atoms.